The molecule has 0 aromatic heterocycles. The molecule has 0 aromatic rings. The monoisotopic (exact) mass is 593 g/mol. The van der Waals surface area contributed by atoms with E-state index in [4.69, 9.17) is 9.47 Å². The average molecular weight is 593 g/mol. The van der Waals surface area contributed by atoms with E-state index in [2.05, 4.69) is 13.8 Å². The standard InChI is InChI=1S/C38H72O4/c1-3-5-7-9-11-13-15-17-19-21-23-25-30-34-41-36(39)38(32-28-27-29-33-38)37(40)42-35-31-26-24-22-20-18-16-14-12-10-8-6-4-2/h3-35H2,1-2H3. The van der Waals surface area contributed by atoms with Gasteiger partial charge in [0.2, 0.25) is 0 Å². The van der Waals surface area contributed by atoms with Crippen LogP contribution in [-0.2, 0) is 19.1 Å². The van der Waals surface area contributed by atoms with Crippen molar-refractivity contribution in [2.75, 3.05) is 13.2 Å². The van der Waals surface area contributed by atoms with Crippen molar-refractivity contribution in [3.63, 3.8) is 0 Å². The molecule has 1 saturated carbocycles. The smallest absolute Gasteiger partial charge is 0.323 e. The zero-order valence-corrected chi connectivity index (χ0v) is 28.5. The molecule has 4 nitrogen and oxygen atoms in total. The second-order valence-electron chi connectivity index (χ2n) is 13.4. The molecule has 0 unspecified atom stereocenters. The van der Waals surface area contributed by atoms with E-state index in [0.29, 0.717) is 26.1 Å². The van der Waals surface area contributed by atoms with Crippen molar-refractivity contribution in [3.05, 3.63) is 0 Å². The van der Waals surface area contributed by atoms with Gasteiger partial charge in [0.05, 0.1) is 13.2 Å². The van der Waals surface area contributed by atoms with Gasteiger partial charge in [-0.25, -0.2) is 0 Å². The quantitative estimate of drug-likeness (QED) is 0.0473. The fourth-order valence-corrected chi connectivity index (χ4v) is 6.49. The summed E-state index contributed by atoms with van der Waals surface area (Å²) in [7, 11) is 0. The summed E-state index contributed by atoms with van der Waals surface area (Å²) in [6.45, 7) is 5.42. The predicted octanol–water partition coefficient (Wildman–Crippen LogP) is 12.2. The van der Waals surface area contributed by atoms with E-state index in [-0.39, 0.29) is 11.9 Å². The van der Waals surface area contributed by atoms with Crippen molar-refractivity contribution in [2.45, 2.75) is 213 Å². The van der Waals surface area contributed by atoms with E-state index in [1.165, 1.54) is 141 Å². The summed E-state index contributed by atoms with van der Waals surface area (Å²) < 4.78 is 11.4. The zero-order chi connectivity index (χ0) is 30.4. The Bertz CT molecular complexity index is 564. The van der Waals surface area contributed by atoms with E-state index < -0.39 is 5.41 Å². The maximum atomic E-state index is 13.1. The molecule has 0 atom stereocenters. The highest BCUT2D eigenvalue weighted by Gasteiger charge is 2.49. The van der Waals surface area contributed by atoms with Crippen LogP contribution < -0.4 is 0 Å². The third-order valence-corrected chi connectivity index (χ3v) is 9.45. The third kappa shape index (κ3) is 20.0. The molecule has 0 bridgehead atoms. The van der Waals surface area contributed by atoms with Gasteiger partial charge in [0.15, 0.2) is 5.41 Å². The fourth-order valence-electron chi connectivity index (χ4n) is 6.49. The Balaban J connectivity index is 2.08. The zero-order valence-electron chi connectivity index (χ0n) is 28.5. The summed E-state index contributed by atoms with van der Waals surface area (Å²) in [5.74, 6) is -0.645. The Morgan fingerprint density at radius 1 is 0.405 bits per heavy atom. The molecule has 0 saturated heterocycles. The molecule has 1 fully saturated rings. The molecule has 0 spiro atoms. The second-order valence-corrected chi connectivity index (χ2v) is 13.4. The molecule has 0 radical (unpaired) electrons. The number of unbranched alkanes of at least 4 members (excludes halogenated alkanes) is 24. The van der Waals surface area contributed by atoms with Crippen molar-refractivity contribution in [1.29, 1.82) is 0 Å². The molecule has 0 aliphatic heterocycles. The molecule has 248 valence electrons. The largest absolute Gasteiger partial charge is 0.465 e. The van der Waals surface area contributed by atoms with Crippen LogP contribution in [-0.4, -0.2) is 25.2 Å². The second kappa shape index (κ2) is 28.7. The Morgan fingerprint density at radius 2 is 0.667 bits per heavy atom. The Hall–Kier alpha value is -1.06. The van der Waals surface area contributed by atoms with E-state index in [0.717, 1.165) is 44.9 Å². The number of carbonyl (C=O) groups excluding carboxylic acids is 2. The normalized spacial score (nSPS) is 14.6. The summed E-state index contributed by atoms with van der Waals surface area (Å²) in [6, 6.07) is 0. The van der Waals surface area contributed by atoms with E-state index in [1.807, 2.05) is 0 Å². The van der Waals surface area contributed by atoms with Crippen molar-refractivity contribution in [2.24, 2.45) is 5.41 Å². The lowest BCUT2D eigenvalue weighted by molar-refractivity contribution is -0.175. The lowest BCUT2D eigenvalue weighted by atomic mass is 9.74. The first kappa shape index (κ1) is 39.0. The van der Waals surface area contributed by atoms with Crippen molar-refractivity contribution in [3.8, 4) is 0 Å². The number of carbonyl (C=O) groups is 2. The SMILES string of the molecule is CCCCCCCCCCCCCCCOC(=O)C1(C(=O)OCCCCCCCCCCCCCCC)CCCCC1. The van der Waals surface area contributed by atoms with Crippen LogP contribution in [0.15, 0.2) is 0 Å². The van der Waals surface area contributed by atoms with Gasteiger partial charge in [0.25, 0.3) is 0 Å². The van der Waals surface area contributed by atoms with E-state index in [1.54, 1.807) is 0 Å². The molecule has 1 aliphatic carbocycles. The first-order valence-electron chi connectivity index (χ1n) is 19.0. The number of hydrogen-bond acceptors (Lipinski definition) is 4. The van der Waals surface area contributed by atoms with Gasteiger partial charge in [0.1, 0.15) is 0 Å². The summed E-state index contributed by atoms with van der Waals surface area (Å²) >= 11 is 0. The van der Waals surface area contributed by atoms with Crippen molar-refractivity contribution >= 4 is 11.9 Å². The molecule has 42 heavy (non-hydrogen) atoms. The topological polar surface area (TPSA) is 52.6 Å². The molecule has 4 heteroatoms. The molecule has 0 N–H and O–H groups in total. The van der Waals surface area contributed by atoms with Crippen LogP contribution in [0.4, 0.5) is 0 Å². The minimum absolute atomic E-state index is 0.323. The van der Waals surface area contributed by atoms with Gasteiger partial charge in [-0.05, 0) is 25.7 Å². The summed E-state index contributed by atoms with van der Waals surface area (Å²) in [6.07, 6.45) is 37.8. The number of rotatable bonds is 30. The Morgan fingerprint density at radius 3 is 0.952 bits per heavy atom. The molecule has 0 heterocycles. The highest BCUT2D eigenvalue weighted by atomic mass is 16.6. The minimum atomic E-state index is -1.05. The van der Waals surface area contributed by atoms with Crippen LogP contribution in [0, 0.1) is 5.41 Å². The van der Waals surface area contributed by atoms with Gasteiger partial charge in [-0.15, -0.1) is 0 Å². The first-order chi connectivity index (χ1) is 20.7. The van der Waals surface area contributed by atoms with Gasteiger partial charge in [0, 0.05) is 0 Å². The lowest BCUT2D eigenvalue weighted by Gasteiger charge is -2.32. The van der Waals surface area contributed by atoms with Gasteiger partial charge < -0.3 is 9.47 Å². The van der Waals surface area contributed by atoms with Gasteiger partial charge >= 0.3 is 11.9 Å². The van der Waals surface area contributed by atoms with Crippen molar-refractivity contribution in [1.82, 2.24) is 0 Å². The predicted molar refractivity (Wildman–Crippen MR) is 179 cm³/mol. The third-order valence-electron chi connectivity index (χ3n) is 9.45. The maximum Gasteiger partial charge on any atom is 0.323 e. The number of ether oxygens (including phenoxy) is 2. The average Bonchev–Trinajstić information content (AvgIpc) is 3.01. The lowest BCUT2D eigenvalue weighted by Crippen LogP contribution is -2.43. The van der Waals surface area contributed by atoms with Gasteiger partial charge in [-0.2, -0.15) is 0 Å². The van der Waals surface area contributed by atoms with E-state index >= 15 is 0 Å². The van der Waals surface area contributed by atoms with Crippen LogP contribution in [0.5, 0.6) is 0 Å². The van der Waals surface area contributed by atoms with E-state index in [9.17, 15) is 9.59 Å². The highest BCUT2D eigenvalue weighted by molar-refractivity contribution is 6.00. The summed E-state index contributed by atoms with van der Waals surface area (Å²) in [4.78, 5) is 26.2. The van der Waals surface area contributed by atoms with Crippen LogP contribution in [0.1, 0.15) is 213 Å². The minimum Gasteiger partial charge on any atom is -0.465 e. The Kier molecular flexibility index (Phi) is 26.6. The highest BCUT2D eigenvalue weighted by Crippen LogP contribution is 2.39. The number of esters is 2. The Labute approximate surface area is 262 Å². The number of hydrogen-bond donors (Lipinski definition) is 0. The molecular formula is C38H72O4. The molecule has 1 aliphatic rings. The first-order valence-corrected chi connectivity index (χ1v) is 19.0. The molecule has 0 aromatic carbocycles. The molecule has 0 amide bonds. The van der Waals surface area contributed by atoms with Gasteiger partial charge in [-0.1, -0.05) is 187 Å². The molecular weight excluding hydrogens is 520 g/mol. The van der Waals surface area contributed by atoms with Gasteiger partial charge in [-0.3, -0.25) is 9.59 Å². The molecule has 1 rings (SSSR count). The van der Waals surface area contributed by atoms with Crippen LogP contribution in [0.3, 0.4) is 0 Å². The van der Waals surface area contributed by atoms with Crippen molar-refractivity contribution < 1.29 is 19.1 Å². The summed E-state index contributed by atoms with van der Waals surface area (Å²) in [5.41, 5.74) is -1.05. The van der Waals surface area contributed by atoms with Crippen LogP contribution in [0.2, 0.25) is 0 Å². The maximum absolute atomic E-state index is 13.1. The summed E-state index contributed by atoms with van der Waals surface area (Å²) in [5, 5.41) is 0. The van der Waals surface area contributed by atoms with Crippen LogP contribution >= 0.6 is 0 Å². The van der Waals surface area contributed by atoms with Crippen LogP contribution in [0.25, 0.3) is 0 Å². The fraction of sp³-hybridized carbons (Fsp3) is 0.947.